The number of aromatic hydroxyl groups is 1. The summed E-state index contributed by atoms with van der Waals surface area (Å²) in [6.07, 6.45) is 3.94. The average molecular weight is 373 g/mol. The van der Waals surface area contributed by atoms with Gasteiger partial charge in [0.2, 0.25) is 0 Å². The van der Waals surface area contributed by atoms with Gasteiger partial charge in [0, 0.05) is 36.3 Å². The summed E-state index contributed by atoms with van der Waals surface area (Å²) >= 11 is 0. The van der Waals surface area contributed by atoms with Crippen LogP contribution in [-0.4, -0.2) is 35.7 Å². The summed E-state index contributed by atoms with van der Waals surface area (Å²) in [6, 6.07) is 10.1. The van der Waals surface area contributed by atoms with E-state index in [1.807, 2.05) is 0 Å². The number of nitrogens with zero attached hydrogens (tertiary/aromatic N) is 1. The third kappa shape index (κ3) is 4.19. The normalized spacial score (nSPS) is 11.1. The Balaban J connectivity index is 1.78. The number of aromatic amines is 1. The second kappa shape index (κ2) is 6.89. The van der Waals surface area contributed by atoms with Gasteiger partial charge in [-0.05, 0) is 24.3 Å². The van der Waals surface area contributed by atoms with Crippen molar-refractivity contribution in [1.29, 1.82) is 0 Å². The molecule has 8 nitrogen and oxygen atoms in total. The maximum absolute atomic E-state index is 12.0. The number of imidazole rings is 1. The van der Waals surface area contributed by atoms with Crippen molar-refractivity contribution in [2.24, 2.45) is 0 Å². The number of aromatic nitrogens is 2. The molecule has 0 aliphatic carbocycles. The summed E-state index contributed by atoms with van der Waals surface area (Å²) in [7, 11) is -3.29. The number of benzene rings is 2. The number of rotatable bonds is 5. The fourth-order valence-electron chi connectivity index (χ4n) is 2.18. The van der Waals surface area contributed by atoms with Gasteiger partial charge in [-0.3, -0.25) is 4.79 Å². The first-order valence-electron chi connectivity index (χ1n) is 7.43. The number of ether oxygens (including phenoxy) is 1. The minimum atomic E-state index is -3.29. The van der Waals surface area contributed by atoms with E-state index in [0.29, 0.717) is 11.4 Å². The van der Waals surface area contributed by atoms with Gasteiger partial charge in [-0.2, -0.15) is 0 Å². The highest BCUT2D eigenvalue weighted by Gasteiger charge is 2.11. The molecule has 3 N–H and O–H groups in total. The Bertz CT molecular complexity index is 1030. The molecule has 134 valence electrons. The van der Waals surface area contributed by atoms with Crippen molar-refractivity contribution in [3.63, 3.8) is 0 Å². The van der Waals surface area contributed by atoms with Crippen molar-refractivity contribution in [3.05, 3.63) is 60.7 Å². The van der Waals surface area contributed by atoms with Crippen LogP contribution in [0.2, 0.25) is 0 Å². The number of H-pyrrole nitrogens is 1. The van der Waals surface area contributed by atoms with E-state index in [-0.39, 0.29) is 22.1 Å². The lowest BCUT2D eigenvalue weighted by Gasteiger charge is -2.10. The number of anilines is 1. The molecule has 26 heavy (non-hydrogen) atoms. The second-order valence-corrected chi connectivity index (χ2v) is 7.49. The quantitative estimate of drug-likeness (QED) is 0.632. The lowest BCUT2D eigenvalue weighted by Crippen LogP contribution is -2.12. The molecule has 0 aliphatic heterocycles. The van der Waals surface area contributed by atoms with E-state index in [0.717, 1.165) is 6.26 Å². The largest absolute Gasteiger partial charge is 0.508 e. The summed E-state index contributed by atoms with van der Waals surface area (Å²) < 4.78 is 28.6. The van der Waals surface area contributed by atoms with Crippen LogP contribution in [0.5, 0.6) is 17.2 Å². The summed E-state index contributed by atoms with van der Waals surface area (Å²) in [4.78, 5) is 18.7. The first-order chi connectivity index (χ1) is 12.3. The summed E-state index contributed by atoms with van der Waals surface area (Å²) in [5, 5.41) is 12.4. The van der Waals surface area contributed by atoms with Gasteiger partial charge >= 0.3 is 0 Å². The first kappa shape index (κ1) is 17.5. The molecule has 0 radical (unpaired) electrons. The van der Waals surface area contributed by atoms with Gasteiger partial charge in [0.25, 0.3) is 5.91 Å². The van der Waals surface area contributed by atoms with Gasteiger partial charge in [0.05, 0.1) is 11.2 Å². The minimum Gasteiger partial charge on any atom is -0.508 e. The number of amides is 1. The van der Waals surface area contributed by atoms with E-state index in [1.54, 1.807) is 0 Å². The monoisotopic (exact) mass is 373 g/mol. The molecule has 1 amide bonds. The van der Waals surface area contributed by atoms with Crippen LogP contribution in [-0.2, 0) is 9.84 Å². The Kier molecular flexibility index (Phi) is 4.63. The minimum absolute atomic E-state index is 0.104. The van der Waals surface area contributed by atoms with Crippen LogP contribution in [0.15, 0.2) is 59.9 Å². The molecular weight excluding hydrogens is 358 g/mol. The highest BCUT2D eigenvalue weighted by atomic mass is 32.2. The molecule has 0 spiro atoms. The van der Waals surface area contributed by atoms with Gasteiger partial charge in [-0.1, -0.05) is 0 Å². The number of nitrogens with one attached hydrogen (secondary N) is 2. The van der Waals surface area contributed by atoms with Gasteiger partial charge in [0.15, 0.2) is 9.84 Å². The lowest BCUT2D eigenvalue weighted by atomic mass is 10.2. The Morgan fingerprint density at radius 3 is 2.50 bits per heavy atom. The molecule has 0 unspecified atom stereocenters. The number of hydrogen-bond donors (Lipinski definition) is 3. The van der Waals surface area contributed by atoms with E-state index >= 15 is 0 Å². The van der Waals surface area contributed by atoms with Crippen LogP contribution in [0, 0.1) is 0 Å². The highest BCUT2D eigenvalue weighted by Crippen LogP contribution is 2.29. The third-order valence-electron chi connectivity index (χ3n) is 3.37. The van der Waals surface area contributed by atoms with Crippen LogP contribution in [0.1, 0.15) is 10.5 Å². The molecule has 0 bridgehead atoms. The smallest absolute Gasteiger partial charge is 0.275 e. The zero-order valence-electron chi connectivity index (χ0n) is 13.6. The molecule has 0 atom stereocenters. The molecule has 2 aromatic carbocycles. The lowest BCUT2D eigenvalue weighted by molar-refractivity contribution is 0.102. The Morgan fingerprint density at radius 1 is 1.15 bits per heavy atom. The molecule has 0 fully saturated rings. The van der Waals surface area contributed by atoms with Crippen LogP contribution in [0.25, 0.3) is 0 Å². The zero-order chi connectivity index (χ0) is 18.7. The molecule has 0 saturated carbocycles. The molecule has 0 saturated heterocycles. The van der Waals surface area contributed by atoms with Crippen LogP contribution >= 0.6 is 0 Å². The fourth-order valence-corrected chi connectivity index (χ4v) is 2.82. The standard InChI is InChI=1S/C17H15N3O5S/c1-26(23,24)15-4-2-13(3-5-15)25-14-7-11(6-12(21)8-14)20-17(22)16-9-18-10-19-16/h2-10,21H,1H3,(H,18,19)(H,20,22). The van der Waals surface area contributed by atoms with Crippen molar-refractivity contribution in [3.8, 4) is 17.2 Å². The Morgan fingerprint density at radius 2 is 1.88 bits per heavy atom. The predicted molar refractivity (Wildman–Crippen MR) is 94.3 cm³/mol. The SMILES string of the molecule is CS(=O)(=O)c1ccc(Oc2cc(O)cc(NC(=O)c3c[nH]cn3)c2)cc1. The van der Waals surface area contributed by atoms with Gasteiger partial charge in [-0.15, -0.1) is 0 Å². The zero-order valence-corrected chi connectivity index (χ0v) is 14.4. The van der Waals surface area contributed by atoms with Gasteiger partial charge in [-0.25, -0.2) is 13.4 Å². The number of hydrogen-bond acceptors (Lipinski definition) is 6. The molecule has 1 aromatic heterocycles. The van der Waals surface area contributed by atoms with E-state index in [2.05, 4.69) is 15.3 Å². The fraction of sp³-hybridized carbons (Fsp3) is 0.0588. The third-order valence-corrected chi connectivity index (χ3v) is 4.50. The van der Waals surface area contributed by atoms with E-state index < -0.39 is 15.7 Å². The van der Waals surface area contributed by atoms with Gasteiger partial charge < -0.3 is 20.1 Å². The topological polar surface area (TPSA) is 121 Å². The summed E-state index contributed by atoms with van der Waals surface area (Å²) in [5.74, 6) is 0.106. The van der Waals surface area contributed by atoms with Crippen LogP contribution < -0.4 is 10.1 Å². The van der Waals surface area contributed by atoms with Crippen molar-refractivity contribution in [2.75, 3.05) is 11.6 Å². The van der Waals surface area contributed by atoms with Crippen LogP contribution in [0.4, 0.5) is 5.69 Å². The van der Waals surface area contributed by atoms with Crippen molar-refractivity contribution in [2.45, 2.75) is 4.90 Å². The number of sulfone groups is 1. The summed E-state index contributed by atoms with van der Waals surface area (Å²) in [6.45, 7) is 0. The van der Waals surface area contributed by atoms with E-state index in [9.17, 15) is 18.3 Å². The van der Waals surface area contributed by atoms with Gasteiger partial charge in [0.1, 0.15) is 22.9 Å². The maximum atomic E-state index is 12.0. The molecule has 3 aromatic rings. The number of phenolic OH excluding ortho intramolecular Hbond substituents is 1. The van der Waals surface area contributed by atoms with E-state index in [1.165, 1.54) is 55.0 Å². The van der Waals surface area contributed by atoms with Crippen molar-refractivity contribution in [1.82, 2.24) is 9.97 Å². The first-order valence-corrected chi connectivity index (χ1v) is 9.32. The molecule has 9 heteroatoms. The maximum Gasteiger partial charge on any atom is 0.275 e. The number of carbonyl (C=O) groups excluding carboxylic acids is 1. The van der Waals surface area contributed by atoms with Crippen LogP contribution in [0.3, 0.4) is 0 Å². The molecular formula is C17H15N3O5S. The van der Waals surface area contributed by atoms with Crippen molar-refractivity contribution >= 4 is 21.4 Å². The molecule has 0 aliphatic rings. The Labute approximate surface area is 149 Å². The molecule has 3 rings (SSSR count). The second-order valence-electron chi connectivity index (χ2n) is 5.47. The summed E-state index contributed by atoms with van der Waals surface area (Å²) in [5.41, 5.74) is 0.521. The number of carbonyl (C=O) groups is 1. The van der Waals surface area contributed by atoms with E-state index in [4.69, 9.17) is 4.74 Å². The molecule has 1 heterocycles. The number of phenols is 1. The Hall–Kier alpha value is -3.33. The van der Waals surface area contributed by atoms with Crippen molar-refractivity contribution < 1.29 is 23.1 Å². The average Bonchev–Trinajstić information content (AvgIpc) is 3.08. The highest BCUT2D eigenvalue weighted by molar-refractivity contribution is 7.90. The predicted octanol–water partition coefficient (Wildman–Crippen LogP) is 2.56.